The number of carbonyl (C=O) groups is 1. The normalized spacial score (nSPS) is 10.4. The van der Waals surface area contributed by atoms with E-state index < -0.39 is 0 Å². The molecule has 0 aliphatic heterocycles. The van der Waals surface area contributed by atoms with E-state index in [-0.39, 0.29) is 18.5 Å². The fourth-order valence-electron chi connectivity index (χ4n) is 2.55. The molecule has 1 aromatic carbocycles. The molecule has 156 valence electrons. The highest BCUT2D eigenvalue weighted by Gasteiger charge is 2.06. The van der Waals surface area contributed by atoms with Crippen molar-refractivity contribution in [1.29, 1.82) is 0 Å². The van der Waals surface area contributed by atoms with Gasteiger partial charge >= 0.3 is 6.01 Å². The predicted molar refractivity (Wildman–Crippen MR) is 115 cm³/mol. The lowest BCUT2D eigenvalue weighted by atomic mass is 10.2. The number of hydrogen-bond acceptors (Lipinski definition) is 8. The van der Waals surface area contributed by atoms with Gasteiger partial charge in [-0.2, -0.15) is 4.98 Å². The zero-order chi connectivity index (χ0) is 21.3. The van der Waals surface area contributed by atoms with E-state index >= 15 is 0 Å². The third-order valence-corrected chi connectivity index (χ3v) is 4.01. The monoisotopic (exact) mass is 407 g/mol. The summed E-state index contributed by atoms with van der Waals surface area (Å²) in [6, 6.07) is 11.9. The summed E-state index contributed by atoms with van der Waals surface area (Å²) in [6.07, 6.45) is 1.59. The third kappa shape index (κ3) is 6.69. The van der Waals surface area contributed by atoms with Gasteiger partial charge in [-0.15, -0.1) is 0 Å². The Morgan fingerprint density at radius 2 is 1.77 bits per heavy atom. The first-order valence-corrected chi connectivity index (χ1v) is 9.60. The number of benzene rings is 1. The van der Waals surface area contributed by atoms with E-state index in [0.717, 1.165) is 17.1 Å². The molecular weight excluding hydrogens is 382 g/mol. The van der Waals surface area contributed by atoms with Crippen LogP contribution >= 0.6 is 0 Å². The second-order valence-electron chi connectivity index (χ2n) is 6.76. The molecule has 0 spiro atoms. The van der Waals surface area contributed by atoms with Crippen LogP contribution in [0.1, 0.15) is 17.0 Å². The summed E-state index contributed by atoms with van der Waals surface area (Å²) in [4.78, 5) is 28.8. The largest absolute Gasteiger partial charge is 0.453 e. The summed E-state index contributed by atoms with van der Waals surface area (Å²) in [5, 5.41) is 9.14. The van der Waals surface area contributed by atoms with Gasteiger partial charge in [-0.3, -0.25) is 4.79 Å². The van der Waals surface area contributed by atoms with Gasteiger partial charge in [0.2, 0.25) is 5.95 Å². The molecule has 0 bridgehead atoms. The molecule has 0 atom stereocenters. The molecule has 2 heterocycles. The van der Waals surface area contributed by atoms with E-state index in [1.165, 1.54) is 5.56 Å². The Morgan fingerprint density at radius 3 is 2.53 bits per heavy atom. The lowest BCUT2D eigenvalue weighted by molar-refractivity contribution is -0.123. The van der Waals surface area contributed by atoms with Crippen LogP contribution in [0.2, 0.25) is 0 Å². The van der Waals surface area contributed by atoms with Crippen molar-refractivity contribution in [2.45, 2.75) is 20.8 Å². The van der Waals surface area contributed by atoms with Crippen molar-refractivity contribution in [3.63, 3.8) is 0 Å². The minimum Gasteiger partial charge on any atom is -0.453 e. The van der Waals surface area contributed by atoms with Crippen molar-refractivity contribution in [2.24, 2.45) is 0 Å². The van der Waals surface area contributed by atoms with Crippen molar-refractivity contribution in [3.8, 4) is 6.01 Å². The summed E-state index contributed by atoms with van der Waals surface area (Å²) >= 11 is 0. The van der Waals surface area contributed by atoms with E-state index in [1.54, 1.807) is 12.3 Å². The van der Waals surface area contributed by atoms with Crippen molar-refractivity contribution in [2.75, 3.05) is 30.3 Å². The average Bonchev–Trinajstić information content (AvgIpc) is 2.71. The Hall–Kier alpha value is -3.75. The van der Waals surface area contributed by atoms with Crippen LogP contribution in [0.15, 0.2) is 42.6 Å². The first-order chi connectivity index (χ1) is 14.5. The molecule has 0 unspecified atom stereocenters. The number of carbonyl (C=O) groups excluding carboxylic acids is 1. The maximum absolute atomic E-state index is 11.9. The van der Waals surface area contributed by atoms with E-state index in [0.29, 0.717) is 24.9 Å². The zero-order valence-corrected chi connectivity index (χ0v) is 17.3. The molecule has 3 N–H and O–H groups in total. The molecule has 30 heavy (non-hydrogen) atoms. The lowest BCUT2D eigenvalue weighted by Gasteiger charge is -2.11. The van der Waals surface area contributed by atoms with Crippen LogP contribution in [0, 0.1) is 20.8 Å². The number of aryl methyl sites for hydroxylation is 3. The van der Waals surface area contributed by atoms with Crippen LogP contribution in [-0.4, -0.2) is 45.5 Å². The molecule has 9 heteroatoms. The maximum Gasteiger partial charge on any atom is 0.317 e. The minimum absolute atomic E-state index is 0.144. The van der Waals surface area contributed by atoms with Gasteiger partial charge in [0.15, 0.2) is 6.61 Å². The molecule has 0 saturated carbocycles. The van der Waals surface area contributed by atoms with E-state index in [9.17, 15) is 4.79 Å². The number of nitrogens with one attached hydrogen (secondary N) is 3. The van der Waals surface area contributed by atoms with Crippen LogP contribution in [-0.2, 0) is 4.79 Å². The number of ether oxygens (including phenoxy) is 1. The number of nitrogens with zero attached hydrogens (tertiary/aromatic N) is 4. The Kier molecular flexibility index (Phi) is 7.09. The summed E-state index contributed by atoms with van der Waals surface area (Å²) in [5.41, 5.74) is 3.76. The summed E-state index contributed by atoms with van der Waals surface area (Å²) in [7, 11) is 0. The van der Waals surface area contributed by atoms with Gasteiger partial charge in [-0.05, 0) is 39.0 Å². The first-order valence-electron chi connectivity index (χ1n) is 9.60. The van der Waals surface area contributed by atoms with Gasteiger partial charge in [0.25, 0.3) is 5.91 Å². The molecule has 0 saturated heterocycles. The van der Waals surface area contributed by atoms with Gasteiger partial charge in [-0.25, -0.2) is 15.0 Å². The number of anilines is 3. The van der Waals surface area contributed by atoms with Crippen LogP contribution in [0.25, 0.3) is 0 Å². The molecule has 0 fully saturated rings. The lowest BCUT2D eigenvalue weighted by Crippen LogP contribution is -2.33. The Balaban J connectivity index is 1.43. The van der Waals surface area contributed by atoms with Crippen molar-refractivity contribution in [1.82, 2.24) is 25.3 Å². The molecule has 2 aromatic heterocycles. The quantitative estimate of drug-likeness (QED) is 0.464. The fraction of sp³-hybridized carbons (Fsp3) is 0.286. The van der Waals surface area contributed by atoms with Gasteiger partial charge in [-0.1, -0.05) is 17.7 Å². The zero-order valence-electron chi connectivity index (χ0n) is 17.3. The number of amides is 1. The van der Waals surface area contributed by atoms with Crippen LogP contribution < -0.4 is 20.7 Å². The molecular formula is C21H25N7O2. The Labute approximate surface area is 175 Å². The highest BCUT2D eigenvalue weighted by atomic mass is 16.5. The fourth-order valence-corrected chi connectivity index (χ4v) is 2.55. The molecule has 3 rings (SSSR count). The van der Waals surface area contributed by atoms with Crippen molar-refractivity contribution >= 4 is 23.4 Å². The Morgan fingerprint density at radius 1 is 0.967 bits per heavy atom. The van der Waals surface area contributed by atoms with Crippen LogP contribution in [0.5, 0.6) is 6.01 Å². The second-order valence-corrected chi connectivity index (χ2v) is 6.76. The van der Waals surface area contributed by atoms with Gasteiger partial charge in [0.05, 0.1) is 0 Å². The first kappa shape index (κ1) is 21.0. The van der Waals surface area contributed by atoms with Gasteiger partial charge < -0.3 is 20.7 Å². The minimum atomic E-state index is -0.256. The van der Waals surface area contributed by atoms with Crippen molar-refractivity contribution in [3.05, 3.63) is 59.5 Å². The predicted octanol–water partition coefficient (Wildman–Crippen LogP) is 2.54. The van der Waals surface area contributed by atoms with E-state index in [4.69, 9.17) is 4.74 Å². The Bertz CT molecular complexity index is 993. The van der Waals surface area contributed by atoms with Crippen LogP contribution in [0.4, 0.5) is 17.5 Å². The standard InChI is InChI=1S/C21H25N7O2/c1-14-4-6-17(7-5-14)27-18-12-16(3)25-20(28-18)23-11-10-22-19(29)13-30-21-24-9-8-15(2)26-21/h4-9,12H,10-11,13H2,1-3H3,(H,22,29)(H2,23,25,27,28). The smallest absolute Gasteiger partial charge is 0.317 e. The number of hydrogen-bond donors (Lipinski definition) is 3. The summed E-state index contributed by atoms with van der Waals surface area (Å²) < 4.78 is 5.27. The third-order valence-electron chi connectivity index (χ3n) is 4.01. The maximum atomic E-state index is 11.9. The van der Waals surface area contributed by atoms with Gasteiger partial charge in [0, 0.05) is 42.4 Å². The van der Waals surface area contributed by atoms with Crippen molar-refractivity contribution < 1.29 is 9.53 Å². The molecule has 0 aliphatic carbocycles. The van der Waals surface area contributed by atoms with Crippen LogP contribution in [0.3, 0.4) is 0 Å². The summed E-state index contributed by atoms with van der Waals surface area (Å²) in [6.45, 7) is 6.50. The molecule has 9 nitrogen and oxygen atoms in total. The molecule has 0 aliphatic rings. The second kappa shape index (κ2) is 10.1. The number of aromatic nitrogens is 4. The van der Waals surface area contributed by atoms with Gasteiger partial charge in [0.1, 0.15) is 5.82 Å². The molecule has 3 aromatic rings. The molecule has 1 amide bonds. The van der Waals surface area contributed by atoms with E-state index in [2.05, 4.69) is 35.9 Å². The van der Waals surface area contributed by atoms with E-state index in [1.807, 2.05) is 51.1 Å². The average molecular weight is 407 g/mol. The number of rotatable bonds is 9. The molecule has 0 radical (unpaired) electrons. The topological polar surface area (TPSA) is 114 Å². The SMILES string of the molecule is Cc1ccc(Nc2cc(C)nc(NCCNC(=O)COc3nccc(C)n3)n2)cc1. The highest BCUT2D eigenvalue weighted by molar-refractivity contribution is 5.77. The highest BCUT2D eigenvalue weighted by Crippen LogP contribution is 2.17. The summed E-state index contributed by atoms with van der Waals surface area (Å²) in [5.74, 6) is 0.932.